The van der Waals surface area contributed by atoms with Gasteiger partial charge in [-0.3, -0.25) is 0 Å². The van der Waals surface area contributed by atoms with Crippen molar-refractivity contribution in [1.82, 2.24) is 18.0 Å². The molecule has 0 unspecified atom stereocenters. The largest absolute Gasteiger partial charge is 0.375 e. The van der Waals surface area contributed by atoms with Crippen molar-refractivity contribution in [2.75, 3.05) is 9.80 Å². The topological polar surface area (TPSA) is 26.2 Å². The van der Waals surface area contributed by atoms with Crippen molar-refractivity contribution in [3.63, 3.8) is 0 Å². The molecule has 532 valence electrons. The standard InChI is InChI=1S/C36H19BN2.2C36H21BN2/c1-2-7-20(8-3-1)21-15-18-30-29(19-21)28-17-16-23-25-11-5-13-27-26-12-4-10-24-22-9-6-14-31-32(22)37(33(23)36(28)38(30)31)39(34(24)26)35(25)27;1-2-9-22(10-3-1)23-11-4-12-24(21-23)38-31-19-7-13-25-27-15-5-17-29-30-18-6-16-28-26-14-8-20-32(38)34(26)37(33(25)31)39(35(27)29)36(28)30;1-2-8-22(9-3-1)23-18-20-24(21-19-23)38-31-16-6-10-25-27-12-4-14-29-30-15-5-13-28-26-11-7-17-32(38)34(26)37(33(25)31)39(35(27)29)36(28)30/h1-19H;2*1-21H. The summed E-state index contributed by atoms with van der Waals surface area (Å²) in [6, 6.07) is 138. The zero-order valence-electron chi connectivity index (χ0n) is 63.1. The van der Waals surface area contributed by atoms with Gasteiger partial charge in [-0.2, -0.15) is 0 Å². The molecule has 0 bridgehead atoms. The van der Waals surface area contributed by atoms with Crippen LogP contribution in [0.25, 0.3) is 193 Å². The maximum atomic E-state index is 2.68. The summed E-state index contributed by atoms with van der Waals surface area (Å²) in [7, 11) is 0. The minimum Gasteiger partial charge on any atom is -0.375 e. The highest BCUT2D eigenvalue weighted by atomic mass is 15.2. The highest BCUT2D eigenvalue weighted by Gasteiger charge is 2.50. The van der Waals surface area contributed by atoms with Crippen molar-refractivity contribution >= 4 is 175 Å². The fourth-order valence-electron chi connectivity index (χ4n) is 23.5. The van der Waals surface area contributed by atoms with E-state index in [1.54, 1.807) is 0 Å². The average molecular weight is 1480 g/mol. The average Bonchev–Trinajstić information content (AvgIpc) is 1.47. The Morgan fingerprint density at radius 2 is 0.453 bits per heavy atom. The maximum absolute atomic E-state index is 2.68. The predicted octanol–water partition coefficient (Wildman–Crippen LogP) is 23.2. The molecule has 18 aromatic carbocycles. The van der Waals surface area contributed by atoms with E-state index in [-0.39, 0.29) is 20.5 Å². The molecule has 4 aromatic heterocycles. The van der Waals surface area contributed by atoms with Crippen LogP contribution in [0.1, 0.15) is 0 Å². The zero-order chi connectivity index (χ0) is 75.5. The van der Waals surface area contributed by atoms with E-state index in [4.69, 9.17) is 0 Å². The second-order valence-electron chi connectivity index (χ2n) is 33.1. The van der Waals surface area contributed by atoms with Gasteiger partial charge >= 0.3 is 20.5 Å². The quantitative estimate of drug-likeness (QED) is 0.161. The van der Waals surface area contributed by atoms with Crippen molar-refractivity contribution in [3.05, 3.63) is 370 Å². The lowest BCUT2D eigenvalue weighted by Gasteiger charge is -2.43. The van der Waals surface area contributed by atoms with Crippen LogP contribution in [0.4, 0.5) is 34.1 Å². The predicted molar refractivity (Wildman–Crippen MR) is 493 cm³/mol. The molecule has 0 aliphatic carbocycles. The van der Waals surface area contributed by atoms with Gasteiger partial charge in [-0.1, -0.05) is 303 Å². The molecule has 0 N–H and O–H groups in total. The smallest absolute Gasteiger partial charge is 0.333 e. The number of benzene rings is 18. The summed E-state index contributed by atoms with van der Waals surface area (Å²) >= 11 is 0. The van der Waals surface area contributed by atoms with Crippen molar-refractivity contribution in [1.29, 1.82) is 0 Å². The van der Waals surface area contributed by atoms with Gasteiger partial charge in [0.2, 0.25) is 0 Å². The molecule has 0 fully saturated rings. The summed E-state index contributed by atoms with van der Waals surface area (Å²) in [6.45, 7) is 0.526. The number of anilines is 6. The summed E-state index contributed by atoms with van der Waals surface area (Å²) in [5, 5.41) is 10.8. The molecule has 0 radical (unpaired) electrons. The van der Waals surface area contributed by atoms with E-state index in [0.29, 0.717) is 0 Å². The Hall–Kier alpha value is -15.0. The molecular formula is C108H61B3N6. The van der Waals surface area contributed by atoms with Gasteiger partial charge in [-0.15, -0.1) is 0 Å². The molecule has 9 aliphatic rings. The summed E-state index contributed by atoms with van der Waals surface area (Å²) in [4.78, 5) is 4.99. The Morgan fingerprint density at radius 3 is 0.863 bits per heavy atom. The van der Waals surface area contributed by atoms with Crippen molar-refractivity contribution < 1.29 is 0 Å². The van der Waals surface area contributed by atoms with Crippen LogP contribution in [0, 0.1) is 0 Å². The molecule has 117 heavy (non-hydrogen) atoms. The Balaban J connectivity index is 0.0000000899. The third kappa shape index (κ3) is 7.59. The second-order valence-corrected chi connectivity index (χ2v) is 33.1. The van der Waals surface area contributed by atoms with Gasteiger partial charge < -0.3 is 27.8 Å². The SMILES string of the molecule is c1ccc(-c2ccc(N3c4cccc5c4B4c6c(cccc63)-c3cccc6c7cccc-5c7n4c36)cc2)cc1.c1ccc(-c2ccc3c(c2)c2ccc4c5c2n3-c2cccc3c2B5n2c5c-3cccc5c3cccc-4c32)cc1.c1ccc(-c2cccc(N3c4cccc5c4B4c6c(cccc63)-c3cccc6c7cccc-5c7n4c36)c2)cc1. The molecular weight excluding hydrogens is 1410 g/mol. The number of hydrogen-bond acceptors (Lipinski definition) is 2. The van der Waals surface area contributed by atoms with Crippen LogP contribution in [-0.4, -0.2) is 38.5 Å². The summed E-state index contributed by atoms with van der Waals surface area (Å²) in [5.74, 6) is 0. The third-order valence-electron chi connectivity index (χ3n) is 27.8. The molecule has 6 nitrogen and oxygen atoms in total. The monoisotopic (exact) mass is 1470 g/mol. The van der Waals surface area contributed by atoms with Crippen LogP contribution in [-0.2, 0) is 0 Å². The highest BCUT2D eigenvalue weighted by Crippen LogP contribution is 2.55. The van der Waals surface area contributed by atoms with Crippen LogP contribution in [0.5, 0.6) is 0 Å². The highest BCUT2D eigenvalue weighted by molar-refractivity contribution is 6.93. The van der Waals surface area contributed by atoms with Crippen molar-refractivity contribution in [2.45, 2.75) is 0 Å². The first-order chi connectivity index (χ1) is 58.1. The van der Waals surface area contributed by atoms with Gasteiger partial charge in [0.25, 0.3) is 0 Å². The molecule has 0 saturated carbocycles. The van der Waals surface area contributed by atoms with Crippen LogP contribution < -0.4 is 42.6 Å². The fraction of sp³-hybridized carbons (Fsp3) is 0. The van der Waals surface area contributed by atoms with Crippen LogP contribution in [0.2, 0.25) is 0 Å². The number of rotatable bonds is 5. The zero-order valence-corrected chi connectivity index (χ0v) is 63.1. The normalized spacial score (nSPS) is 13.6. The molecule has 0 atom stereocenters. The summed E-state index contributed by atoms with van der Waals surface area (Å²) in [6.07, 6.45) is 0. The molecule has 31 rings (SSSR count). The van der Waals surface area contributed by atoms with E-state index >= 15 is 0 Å². The van der Waals surface area contributed by atoms with Crippen LogP contribution >= 0.6 is 0 Å². The number of hydrogen-bond donors (Lipinski definition) is 0. The first-order valence-corrected chi connectivity index (χ1v) is 41.1. The van der Waals surface area contributed by atoms with Gasteiger partial charge in [0.05, 0.1) is 11.0 Å². The molecule has 9 heteroatoms. The van der Waals surface area contributed by atoms with Crippen molar-refractivity contribution in [2.24, 2.45) is 0 Å². The van der Waals surface area contributed by atoms with E-state index in [1.807, 2.05) is 0 Å². The summed E-state index contributed by atoms with van der Waals surface area (Å²) in [5.41, 5.74) is 51.9. The number of aromatic nitrogens is 4. The Kier molecular flexibility index (Phi) is 11.6. The number of para-hydroxylation sites is 6. The second kappa shape index (κ2) is 22.0. The van der Waals surface area contributed by atoms with Crippen molar-refractivity contribution in [3.8, 4) is 106 Å². The summed E-state index contributed by atoms with van der Waals surface area (Å²) < 4.78 is 10.6. The lowest BCUT2D eigenvalue weighted by atomic mass is 9.43. The lowest BCUT2D eigenvalue weighted by molar-refractivity contribution is 1.17. The Morgan fingerprint density at radius 1 is 0.162 bits per heavy atom. The molecule has 22 aromatic rings. The van der Waals surface area contributed by atoms with E-state index in [0.717, 1.165) is 0 Å². The van der Waals surface area contributed by atoms with E-state index in [2.05, 4.69) is 398 Å². The molecule has 0 spiro atoms. The van der Waals surface area contributed by atoms with Gasteiger partial charge in [0.1, 0.15) is 0 Å². The Labute approximate surface area is 673 Å². The third-order valence-corrected chi connectivity index (χ3v) is 27.8. The first kappa shape index (κ1) is 61.5. The lowest BCUT2D eigenvalue weighted by Crippen LogP contribution is -2.58. The van der Waals surface area contributed by atoms with Crippen LogP contribution in [0.15, 0.2) is 370 Å². The molecule has 9 aliphatic heterocycles. The van der Waals surface area contributed by atoms with Gasteiger partial charge in [0, 0.05) is 149 Å². The van der Waals surface area contributed by atoms with Gasteiger partial charge in [-0.05, 0) is 166 Å². The minimum absolute atomic E-state index is 0.167. The molecule has 0 amide bonds. The Bertz CT molecular complexity index is 8130. The first-order valence-electron chi connectivity index (χ1n) is 41.1. The van der Waals surface area contributed by atoms with Crippen LogP contribution in [0.3, 0.4) is 0 Å². The van der Waals surface area contributed by atoms with E-state index in [1.165, 1.54) is 260 Å². The fourth-order valence-corrected chi connectivity index (χ4v) is 23.5. The van der Waals surface area contributed by atoms with E-state index < -0.39 is 0 Å². The number of nitrogens with zero attached hydrogens (tertiary/aromatic N) is 6. The molecule has 13 heterocycles. The van der Waals surface area contributed by atoms with E-state index in [9.17, 15) is 0 Å². The number of fused-ring (bicyclic) bond motifs is 13. The molecule has 0 saturated heterocycles. The van der Waals surface area contributed by atoms with Gasteiger partial charge in [-0.25, -0.2) is 0 Å². The van der Waals surface area contributed by atoms with Gasteiger partial charge in [0.15, 0.2) is 0 Å². The minimum atomic E-state index is 0.167. The maximum Gasteiger partial charge on any atom is 0.333 e.